The number of nitrogen functional groups attached to an aromatic ring is 1. The smallest absolute Gasteiger partial charge is 0.239 e. The minimum absolute atomic E-state index is 0.0135. The van der Waals surface area contributed by atoms with Crippen molar-refractivity contribution in [2.75, 3.05) is 23.7 Å². The lowest BCUT2D eigenvalue weighted by Gasteiger charge is -2.22. The monoisotopic (exact) mass is 246 g/mol. The van der Waals surface area contributed by atoms with Crippen molar-refractivity contribution < 1.29 is 4.79 Å². The first-order valence-electron chi connectivity index (χ1n) is 6.06. The molecule has 1 fully saturated rings. The molecular weight excluding hydrogens is 228 g/mol. The summed E-state index contributed by atoms with van der Waals surface area (Å²) in [6.07, 6.45) is 5.51. The van der Waals surface area contributed by atoms with Crippen LogP contribution in [0.2, 0.25) is 0 Å². The molecule has 18 heavy (non-hydrogen) atoms. The lowest BCUT2D eigenvalue weighted by molar-refractivity contribution is -0.119. The standard InChI is InChI=1S/C13H18N4O/c1-2-7-15-13(18)9-17(11-4-5-11)12-6-3-10(14)8-16-12/h2-3,6,8,11H,1,4-5,7,9,14H2,(H,15,18). The number of pyridine rings is 1. The lowest BCUT2D eigenvalue weighted by atomic mass is 10.3. The minimum Gasteiger partial charge on any atom is -0.397 e. The first-order valence-corrected chi connectivity index (χ1v) is 6.06. The zero-order valence-corrected chi connectivity index (χ0v) is 10.3. The molecule has 0 saturated heterocycles. The Bertz CT molecular complexity index is 425. The summed E-state index contributed by atoms with van der Waals surface area (Å²) in [5.74, 6) is 0.792. The van der Waals surface area contributed by atoms with Crippen molar-refractivity contribution in [1.82, 2.24) is 10.3 Å². The van der Waals surface area contributed by atoms with Gasteiger partial charge in [-0.1, -0.05) is 6.08 Å². The molecule has 0 atom stereocenters. The van der Waals surface area contributed by atoms with Gasteiger partial charge in [-0.05, 0) is 25.0 Å². The quantitative estimate of drug-likeness (QED) is 0.733. The van der Waals surface area contributed by atoms with E-state index in [1.807, 2.05) is 11.0 Å². The molecule has 5 nitrogen and oxygen atoms in total. The third-order valence-corrected chi connectivity index (χ3v) is 2.81. The Kier molecular flexibility index (Phi) is 3.82. The van der Waals surface area contributed by atoms with Gasteiger partial charge in [0.1, 0.15) is 5.82 Å². The van der Waals surface area contributed by atoms with Gasteiger partial charge in [-0.2, -0.15) is 0 Å². The summed E-state index contributed by atoms with van der Waals surface area (Å²) < 4.78 is 0. The number of nitrogens with zero attached hydrogens (tertiary/aromatic N) is 2. The van der Waals surface area contributed by atoms with E-state index >= 15 is 0 Å². The summed E-state index contributed by atoms with van der Waals surface area (Å²) in [5.41, 5.74) is 6.24. The molecule has 3 N–H and O–H groups in total. The van der Waals surface area contributed by atoms with Crippen molar-refractivity contribution in [3.63, 3.8) is 0 Å². The van der Waals surface area contributed by atoms with E-state index in [0.29, 0.717) is 24.8 Å². The predicted molar refractivity (Wildman–Crippen MR) is 72.2 cm³/mol. The summed E-state index contributed by atoms with van der Waals surface area (Å²) in [6, 6.07) is 4.09. The summed E-state index contributed by atoms with van der Waals surface area (Å²) in [7, 11) is 0. The fourth-order valence-corrected chi connectivity index (χ4v) is 1.75. The number of aromatic nitrogens is 1. The van der Waals surface area contributed by atoms with Crippen molar-refractivity contribution in [2.24, 2.45) is 0 Å². The average Bonchev–Trinajstić information content (AvgIpc) is 3.19. The molecule has 96 valence electrons. The molecule has 5 heteroatoms. The van der Waals surface area contributed by atoms with E-state index in [1.54, 1.807) is 18.3 Å². The van der Waals surface area contributed by atoms with Crippen LogP contribution in [0.5, 0.6) is 0 Å². The predicted octanol–water partition coefficient (Wildman–Crippen LogP) is 0.935. The first kappa shape index (κ1) is 12.4. The Hall–Kier alpha value is -2.04. The highest BCUT2D eigenvalue weighted by Crippen LogP contribution is 2.30. The fraction of sp³-hybridized carbons (Fsp3) is 0.385. The Morgan fingerprint density at radius 3 is 2.94 bits per heavy atom. The van der Waals surface area contributed by atoms with Gasteiger partial charge in [0.25, 0.3) is 0 Å². The van der Waals surface area contributed by atoms with E-state index < -0.39 is 0 Å². The van der Waals surface area contributed by atoms with Crippen molar-refractivity contribution in [3.05, 3.63) is 31.0 Å². The molecule has 0 aromatic carbocycles. The molecular formula is C13H18N4O. The molecule has 0 bridgehead atoms. The van der Waals surface area contributed by atoms with E-state index in [9.17, 15) is 4.79 Å². The van der Waals surface area contributed by atoms with Gasteiger partial charge in [0.05, 0.1) is 18.4 Å². The van der Waals surface area contributed by atoms with Gasteiger partial charge >= 0.3 is 0 Å². The maximum Gasteiger partial charge on any atom is 0.239 e. The summed E-state index contributed by atoms with van der Waals surface area (Å²) in [6.45, 7) is 4.39. The van der Waals surface area contributed by atoms with Crippen LogP contribution < -0.4 is 16.0 Å². The molecule has 0 unspecified atom stereocenters. The SMILES string of the molecule is C=CCNC(=O)CN(c1ccc(N)cn1)C1CC1. The van der Waals surface area contributed by atoms with Gasteiger partial charge in [0, 0.05) is 12.6 Å². The van der Waals surface area contributed by atoms with Crippen molar-refractivity contribution in [2.45, 2.75) is 18.9 Å². The van der Waals surface area contributed by atoms with E-state index in [2.05, 4.69) is 16.9 Å². The molecule has 1 amide bonds. The second-order valence-electron chi connectivity index (χ2n) is 4.40. The van der Waals surface area contributed by atoms with Crippen LogP contribution in [0.15, 0.2) is 31.0 Å². The molecule has 1 aliphatic carbocycles. The number of rotatable bonds is 6. The van der Waals surface area contributed by atoms with E-state index in [1.165, 1.54) is 0 Å². The third-order valence-electron chi connectivity index (χ3n) is 2.81. The number of hydrogen-bond acceptors (Lipinski definition) is 4. The van der Waals surface area contributed by atoms with Crippen molar-refractivity contribution in [3.8, 4) is 0 Å². The first-order chi connectivity index (χ1) is 8.70. The number of carbonyl (C=O) groups excluding carboxylic acids is 1. The third kappa shape index (κ3) is 3.23. The Labute approximate surface area is 107 Å². The van der Waals surface area contributed by atoms with Crippen LogP contribution in [0.4, 0.5) is 11.5 Å². The van der Waals surface area contributed by atoms with Gasteiger partial charge in [-0.25, -0.2) is 4.98 Å². The zero-order chi connectivity index (χ0) is 13.0. The topological polar surface area (TPSA) is 71.2 Å². The molecule has 1 aromatic heterocycles. The maximum atomic E-state index is 11.7. The molecule has 1 heterocycles. The number of nitrogens with two attached hydrogens (primary N) is 1. The molecule has 0 aliphatic heterocycles. The number of carbonyl (C=O) groups is 1. The molecule has 0 spiro atoms. The highest BCUT2D eigenvalue weighted by molar-refractivity contribution is 5.81. The zero-order valence-electron chi connectivity index (χ0n) is 10.3. The van der Waals surface area contributed by atoms with Crippen molar-refractivity contribution >= 4 is 17.4 Å². The normalized spacial score (nSPS) is 14.0. The second-order valence-corrected chi connectivity index (χ2v) is 4.40. The van der Waals surface area contributed by atoms with Gasteiger partial charge in [0.15, 0.2) is 0 Å². The summed E-state index contributed by atoms with van der Waals surface area (Å²) in [4.78, 5) is 18.0. The molecule has 1 aromatic rings. The molecule has 0 radical (unpaired) electrons. The van der Waals surface area contributed by atoms with Crippen LogP contribution >= 0.6 is 0 Å². The van der Waals surface area contributed by atoms with Crippen molar-refractivity contribution in [1.29, 1.82) is 0 Å². The van der Waals surface area contributed by atoms with Crippen LogP contribution in [0.25, 0.3) is 0 Å². The van der Waals surface area contributed by atoms with Gasteiger partial charge < -0.3 is 16.0 Å². The van der Waals surface area contributed by atoms with Crippen LogP contribution in [0, 0.1) is 0 Å². The van der Waals surface area contributed by atoms with Crippen LogP contribution in [-0.2, 0) is 4.79 Å². The number of amides is 1. The van der Waals surface area contributed by atoms with E-state index in [0.717, 1.165) is 18.7 Å². The Morgan fingerprint density at radius 2 is 2.39 bits per heavy atom. The Morgan fingerprint density at radius 1 is 1.61 bits per heavy atom. The Balaban J connectivity index is 2.02. The largest absolute Gasteiger partial charge is 0.397 e. The minimum atomic E-state index is -0.0135. The van der Waals surface area contributed by atoms with Crippen LogP contribution in [-0.4, -0.2) is 30.0 Å². The van der Waals surface area contributed by atoms with E-state index in [-0.39, 0.29) is 5.91 Å². The number of nitrogens with one attached hydrogen (secondary N) is 1. The maximum absolute atomic E-state index is 11.7. The second kappa shape index (κ2) is 5.53. The molecule has 1 aliphatic rings. The van der Waals surface area contributed by atoms with Crippen LogP contribution in [0.1, 0.15) is 12.8 Å². The average molecular weight is 246 g/mol. The van der Waals surface area contributed by atoms with Gasteiger partial charge in [-0.15, -0.1) is 6.58 Å². The molecule has 1 saturated carbocycles. The van der Waals surface area contributed by atoms with Gasteiger partial charge in [-0.3, -0.25) is 4.79 Å². The molecule has 2 rings (SSSR count). The van der Waals surface area contributed by atoms with Crippen LogP contribution in [0.3, 0.4) is 0 Å². The number of hydrogen-bond donors (Lipinski definition) is 2. The van der Waals surface area contributed by atoms with Gasteiger partial charge in [0.2, 0.25) is 5.91 Å². The highest BCUT2D eigenvalue weighted by atomic mass is 16.2. The summed E-state index contributed by atoms with van der Waals surface area (Å²) in [5, 5.41) is 2.78. The summed E-state index contributed by atoms with van der Waals surface area (Å²) >= 11 is 0. The fourth-order valence-electron chi connectivity index (χ4n) is 1.75. The lowest BCUT2D eigenvalue weighted by Crippen LogP contribution is -2.39. The highest BCUT2D eigenvalue weighted by Gasteiger charge is 2.31. The number of anilines is 2. The van der Waals surface area contributed by atoms with E-state index in [4.69, 9.17) is 5.73 Å².